The van der Waals surface area contributed by atoms with Crippen molar-refractivity contribution >= 4 is 5.78 Å². The van der Waals surface area contributed by atoms with Gasteiger partial charge in [-0.05, 0) is 19.9 Å². The summed E-state index contributed by atoms with van der Waals surface area (Å²) in [5.41, 5.74) is 0.183. The molecule has 0 unspecified atom stereocenters. The molecule has 0 saturated carbocycles. The van der Waals surface area contributed by atoms with Gasteiger partial charge in [-0.1, -0.05) is 24.6 Å². The zero-order chi connectivity index (χ0) is 20.4. The van der Waals surface area contributed by atoms with Gasteiger partial charge in [-0.15, -0.1) is 0 Å². The van der Waals surface area contributed by atoms with E-state index in [4.69, 9.17) is 9.47 Å². The Hall–Kier alpha value is -1.13. The number of allylic oxidation sites excluding steroid dienone is 3. The molecular weight excluding hydrogens is 356 g/mol. The topological polar surface area (TPSA) is 137 Å². The summed E-state index contributed by atoms with van der Waals surface area (Å²) in [6.45, 7) is 4.82. The van der Waals surface area contributed by atoms with Gasteiger partial charge in [0.2, 0.25) is 0 Å². The normalized spacial score (nSPS) is 41.6. The van der Waals surface area contributed by atoms with Crippen LogP contribution in [0.1, 0.15) is 27.2 Å². The van der Waals surface area contributed by atoms with Gasteiger partial charge in [0, 0.05) is 17.8 Å². The molecule has 8 nitrogen and oxygen atoms in total. The lowest BCUT2D eigenvalue weighted by Gasteiger charge is -2.43. The quantitative estimate of drug-likeness (QED) is 0.377. The lowest BCUT2D eigenvalue weighted by molar-refractivity contribution is -0.306. The lowest BCUT2D eigenvalue weighted by atomic mass is 9.67. The first-order valence-corrected chi connectivity index (χ1v) is 9.08. The van der Waals surface area contributed by atoms with Gasteiger partial charge in [0.25, 0.3) is 0 Å². The van der Waals surface area contributed by atoms with Crippen LogP contribution in [0.3, 0.4) is 0 Å². The minimum absolute atomic E-state index is 0.0292. The Labute approximate surface area is 158 Å². The van der Waals surface area contributed by atoms with Crippen LogP contribution in [-0.2, 0) is 14.3 Å². The van der Waals surface area contributed by atoms with Crippen LogP contribution in [0.2, 0.25) is 0 Å². The van der Waals surface area contributed by atoms with E-state index in [1.807, 2.05) is 19.9 Å². The highest BCUT2D eigenvalue weighted by molar-refractivity contribution is 5.92. The van der Waals surface area contributed by atoms with Crippen LogP contribution < -0.4 is 0 Å². The first-order valence-electron chi connectivity index (χ1n) is 9.08. The molecular formula is C19H30O8. The Bertz CT molecular complexity index is 584. The molecule has 1 saturated heterocycles. The van der Waals surface area contributed by atoms with Crippen LogP contribution >= 0.6 is 0 Å². The highest BCUT2D eigenvalue weighted by Gasteiger charge is 2.46. The van der Waals surface area contributed by atoms with Gasteiger partial charge in [-0.3, -0.25) is 4.79 Å². The summed E-state index contributed by atoms with van der Waals surface area (Å²) in [5, 5.41) is 48.6. The van der Waals surface area contributed by atoms with Crippen molar-refractivity contribution in [2.45, 2.75) is 64.0 Å². The molecule has 5 N–H and O–H groups in total. The van der Waals surface area contributed by atoms with E-state index in [1.54, 1.807) is 19.1 Å². The third-order valence-corrected chi connectivity index (χ3v) is 5.22. The van der Waals surface area contributed by atoms with Gasteiger partial charge < -0.3 is 35.0 Å². The van der Waals surface area contributed by atoms with Gasteiger partial charge in [-0.2, -0.15) is 0 Å². The summed E-state index contributed by atoms with van der Waals surface area (Å²) >= 11 is 0. The third kappa shape index (κ3) is 5.03. The largest absolute Gasteiger partial charge is 0.394 e. The maximum Gasteiger partial charge on any atom is 0.186 e. The minimum Gasteiger partial charge on any atom is -0.394 e. The summed E-state index contributed by atoms with van der Waals surface area (Å²) in [7, 11) is 0. The molecule has 1 heterocycles. The zero-order valence-corrected chi connectivity index (χ0v) is 15.9. The lowest BCUT2D eigenvalue weighted by Crippen LogP contribution is -2.59. The van der Waals surface area contributed by atoms with Gasteiger partial charge in [0.1, 0.15) is 24.4 Å². The number of carbonyl (C=O) groups is 1. The molecule has 0 bridgehead atoms. The number of carbonyl (C=O) groups excluding carboxylic acids is 1. The number of rotatable bonds is 6. The van der Waals surface area contributed by atoms with E-state index in [9.17, 15) is 30.3 Å². The van der Waals surface area contributed by atoms with E-state index in [2.05, 4.69) is 0 Å². The van der Waals surface area contributed by atoms with E-state index in [1.165, 1.54) is 0 Å². The second-order valence-corrected chi connectivity index (χ2v) is 7.80. The average molecular weight is 386 g/mol. The minimum atomic E-state index is -1.52. The number of ketones is 1. The van der Waals surface area contributed by atoms with Crippen LogP contribution in [0.4, 0.5) is 0 Å². The van der Waals surface area contributed by atoms with Crippen LogP contribution in [0.25, 0.3) is 0 Å². The first-order chi connectivity index (χ1) is 12.6. The summed E-state index contributed by atoms with van der Waals surface area (Å²) in [6, 6.07) is 0. The Morgan fingerprint density at radius 2 is 2.00 bits per heavy atom. The molecule has 0 aromatic heterocycles. The van der Waals surface area contributed by atoms with Crippen molar-refractivity contribution in [3.8, 4) is 0 Å². The smallest absolute Gasteiger partial charge is 0.186 e. The number of aliphatic hydroxyl groups is 5. The number of ether oxygens (including phenoxy) is 2. The van der Waals surface area contributed by atoms with E-state index in [-0.39, 0.29) is 24.7 Å². The molecule has 1 aliphatic carbocycles. The van der Waals surface area contributed by atoms with Crippen molar-refractivity contribution in [3.05, 3.63) is 23.8 Å². The number of hydrogen-bond acceptors (Lipinski definition) is 8. The molecule has 27 heavy (non-hydrogen) atoms. The van der Waals surface area contributed by atoms with E-state index >= 15 is 0 Å². The molecule has 1 fully saturated rings. The molecule has 2 rings (SSSR count). The first kappa shape index (κ1) is 22.2. The Balaban J connectivity index is 2.15. The molecule has 154 valence electrons. The summed E-state index contributed by atoms with van der Waals surface area (Å²) in [5.74, 6) is -0.219. The van der Waals surface area contributed by atoms with E-state index in [0.29, 0.717) is 0 Å². The van der Waals surface area contributed by atoms with Crippen molar-refractivity contribution in [3.63, 3.8) is 0 Å². The number of hydrogen-bond donors (Lipinski definition) is 5. The van der Waals surface area contributed by atoms with Crippen molar-refractivity contribution in [1.29, 1.82) is 0 Å². The molecule has 2 aliphatic rings. The molecule has 0 amide bonds. The van der Waals surface area contributed by atoms with Crippen LogP contribution in [0.5, 0.6) is 0 Å². The summed E-state index contributed by atoms with van der Waals surface area (Å²) in [6.07, 6.45) is -2.15. The summed E-state index contributed by atoms with van der Waals surface area (Å²) in [4.78, 5) is 12.1. The Kier molecular flexibility index (Phi) is 7.32. The fraction of sp³-hybridized carbons (Fsp3) is 0.737. The second-order valence-electron chi connectivity index (χ2n) is 7.80. The molecule has 8 heteroatoms. The maximum atomic E-state index is 12.1. The van der Waals surface area contributed by atoms with Crippen LogP contribution in [0, 0.1) is 11.3 Å². The monoisotopic (exact) mass is 386 g/mol. The fourth-order valence-corrected chi connectivity index (χ4v) is 3.73. The predicted octanol–water partition coefficient (Wildman–Crippen LogP) is -0.718. The van der Waals surface area contributed by atoms with Crippen LogP contribution in [-0.4, -0.2) is 81.3 Å². The average Bonchev–Trinajstić information content (AvgIpc) is 2.58. The third-order valence-electron chi connectivity index (χ3n) is 5.22. The fourth-order valence-electron chi connectivity index (χ4n) is 3.73. The predicted molar refractivity (Wildman–Crippen MR) is 95.5 cm³/mol. The highest BCUT2D eigenvalue weighted by Crippen LogP contribution is 2.42. The van der Waals surface area contributed by atoms with Gasteiger partial charge in [0.15, 0.2) is 12.1 Å². The highest BCUT2D eigenvalue weighted by atomic mass is 16.7. The van der Waals surface area contributed by atoms with Gasteiger partial charge in [-0.25, -0.2) is 0 Å². The Morgan fingerprint density at radius 3 is 2.59 bits per heavy atom. The number of aliphatic hydroxyl groups excluding tert-OH is 5. The Morgan fingerprint density at radius 1 is 1.33 bits per heavy atom. The van der Waals surface area contributed by atoms with Crippen molar-refractivity contribution < 1.29 is 39.8 Å². The van der Waals surface area contributed by atoms with Gasteiger partial charge >= 0.3 is 0 Å². The standard InChI is InChI=1S/C19H30O8/c1-10-6-12(22)7-19(3,13(10)5-4-11(2)21)9-26-18-17(25)16(24)15(23)14(8-20)27-18/h4-6,11,13-18,20-21,23-25H,7-9H2,1-3H3/b5-4+/t11-,13+,14-,15-,16+,17-,18-,19-/m1/s1. The zero-order valence-electron chi connectivity index (χ0n) is 15.9. The second kappa shape index (κ2) is 8.91. The van der Waals surface area contributed by atoms with E-state index in [0.717, 1.165) is 5.57 Å². The van der Waals surface area contributed by atoms with Crippen molar-refractivity contribution in [1.82, 2.24) is 0 Å². The molecule has 0 radical (unpaired) electrons. The molecule has 0 aromatic rings. The summed E-state index contributed by atoms with van der Waals surface area (Å²) < 4.78 is 11.1. The molecule has 8 atom stereocenters. The molecule has 0 aromatic carbocycles. The van der Waals surface area contributed by atoms with Crippen molar-refractivity contribution in [2.75, 3.05) is 13.2 Å². The van der Waals surface area contributed by atoms with Crippen molar-refractivity contribution in [2.24, 2.45) is 11.3 Å². The molecule has 1 aliphatic heterocycles. The van der Waals surface area contributed by atoms with Crippen LogP contribution in [0.15, 0.2) is 23.8 Å². The SMILES string of the molecule is CC1=CC(=O)C[C@](C)(CO[C@@H]2O[C@H](CO)[C@@H](O)[C@H](O)[C@H]2O)[C@H]1/C=C/[C@@H](C)O. The maximum absolute atomic E-state index is 12.1. The van der Waals surface area contributed by atoms with E-state index < -0.39 is 48.8 Å². The van der Waals surface area contributed by atoms with Gasteiger partial charge in [0.05, 0.1) is 19.3 Å². The molecule has 0 spiro atoms.